The Morgan fingerprint density at radius 1 is 0.677 bits per heavy atom. The zero-order chi connectivity index (χ0) is 22.9. The predicted molar refractivity (Wildman–Crippen MR) is 121 cm³/mol. The van der Waals surface area contributed by atoms with Gasteiger partial charge in [-0.15, -0.1) is 0 Å². The summed E-state index contributed by atoms with van der Waals surface area (Å²) in [6.07, 6.45) is 12.9. The zero-order valence-electron chi connectivity index (χ0n) is 19.1. The molecule has 174 valence electrons. The third kappa shape index (κ3) is 11.0. The van der Waals surface area contributed by atoms with Gasteiger partial charge in [0.15, 0.2) is 0 Å². The van der Waals surface area contributed by atoms with Gasteiger partial charge >= 0.3 is 17.9 Å². The van der Waals surface area contributed by atoms with Crippen LogP contribution in [0.25, 0.3) is 0 Å². The summed E-state index contributed by atoms with van der Waals surface area (Å²) < 4.78 is 10.5. The number of unbranched alkanes of at least 4 members (excludes halogenated alkanes) is 10. The molecule has 0 heterocycles. The van der Waals surface area contributed by atoms with E-state index in [0.717, 1.165) is 51.4 Å². The first-order valence-electron chi connectivity index (χ1n) is 11.7. The zero-order valence-corrected chi connectivity index (χ0v) is 19.1. The second-order valence-corrected chi connectivity index (χ2v) is 7.87. The van der Waals surface area contributed by atoms with Gasteiger partial charge in [0, 0.05) is 0 Å². The van der Waals surface area contributed by atoms with E-state index in [9.17, 15) is 19.5 Å². The minimum Gasteiger partial charge on any atom is -0.478 e. The lowest BCUT2D eigenvalue weighted by molar-refractivity contribution is 0.0477. The molecule has 0 aliphatic rings. The Morgan fingerprint density at radius 2 is 1.16 bits per heavy atom. The first-order valence-corrected chi connectivity index (χ1v) is 11.7. The van der Waals surface area contributed by atoms with E-state index in [2.05, 4.69) is 13.8 Å². The van der Waals surface area contributed by atoms with Crippen LogP contribution in [0.5, 0.6) is 0 Å². The van der Waals surface area contributed by atoms with Gasteiger partial charge in [-0.3, -0.25) is 0 Å². The Bertz CT molecular complexity index is 683. The molecule has 0 bridgehead atoms. The maximum Gasteiger partial charge on any atom is 0.339 e. The first kappa shape index (κ1) is 26.7. The van der Waals surface area contributed by atoms with Gasteiger partial charge in [-0.25, -0.2) is 14.4 Å². The van der Waals surface area contributed by atoms with Gasteiger partial charge in [-0.05, 0) is 31.0 Å². The van der Waals surface area contributed by atoms with E-state index in [0.29, 0.717) is 6.61 Å². The van der Waals surface area contributed by atoms with Crippen molar-refractivity contribution in [1.29, 1.82) is 0 Å². The van der Waals surface area contributed by atoms with Crippen molar-refractivity contribution < 1.29 is 29.0 Å². The second kappa shape index (κ2) is 16.3. The number of hydrogen-bond acceptors (Lipinski definition) is 5. The number of esters is 2. The minimum atomic E-state index is -1.28. The maximum atomic E-state index is 12.3. The Balaban J connectivity index is 2.51. The van der Waals surface area contributed by atoms with Crippen molar-refractivity contribution in [3.05, 3.63) is 34.9 Å². The highest BCUT2D eigenvalue weighted by atomic mass is 16.5. The number of hydrogen-bond donors (Lipinski definition) is 1. The molecular formula is C25H38O6. The Morgan fingerprint density at radius 3 is 1.68 bits per heavy atom. The third-order valence-corrected chi connectivity index (χ3v) is 5.17. The lowest BCUT2D eigenvalue weighted by Gasteiger charge is -2.10. The van der Waals surface area contributed by atoms with Gasteiger partial charge < -0.3 is 14.6 Å². The summed E-state index contributed by atoms with van der Waals surface area (Å²) in [5.74, 6) is -2.54. The molecular weight excluding hydrogens is 396 g/mol. The number of carboxylic acid groups (broad SMARTS) is 1. The van der Waals surface area contributed by atoms with Gasteiger partial charge in [0.2, 0.25) is 0 Å². The molecule has 6 nitrogen and oxygen atoms in total. The summed E-state index contributed by atoms with van der Waals surface area (Å²) in [4.78, 5) is 36.1. The van der Waals surface area contributed by atoms with Crippen LogP contribution in [0, 0.1) is 0 Å². The molecule has 0 unspecified atom stereocenters. The molecule has 1 rings (SSSR count). The Labute approximate surface area is 186 Å². The fourth-order valence-electron chi connectivity index (χ4n) is 3.28. The maximum absolute atomic E-state index is 12.3. The number of carbonyl (C=O) groups excluding carboxylic acids is 2. The molecule has 0 saturated heterocycles. The van der Waals surface area contributed by atoms with Gasteiger partial charge in [-0.1, -0.05) is 78.1 Å². The molecule has 0 aromatic heterocycles. The molecule has 0 spiro atoms. The molecule has 0 amide bonds. The quantitative estimate of drug-likeness (QED) is 0.225. The van der Waals surface area contributed by atoms with Crippen LogP contribution in [0.4, 0.5) is 0 Å². The number of carboxylic acids is 1. The predicted octanol–water partition coefficient (Wildman–Crippen LogP) is 6.42. The first-order chi connectivity index (χ1) is 15.0. The summed E-state index contributed by atoms with van der Waals surface area (Å²) in [5, 5.41) is 9.46. The van der Waals surface area contributed by atoms with Crippen LogP contribution in [0.3, 0.4) is 0 Å². The van der Waals surface area contributed by atoms with Crippen LogP contribution in [-0.4, -0.2) is 36.2 Å². The SMILES string of the molecule is CCCCCCCCCOC(=O)c1ccc(C(=O)OCCCCCCC)c(C(=O)O)c1. The normalized spacial score (nSPS) is 10.6. The molecule has 0 aliphatic carbocycles. The molecule has 6 heteroatoms. The molecule has 0 saturated carbocycles. The molecule has 0 aliphatic heterocycles. The molecule has 0 radical (unpaired) electrons. The van der Waals surface area contributed by atoms with E-state index >= 15 is 0 Å². The minimum absolute atomic E-state index is 0.0512. The van der Waals surface area contributed by atoms with Crippen LogP contribution < -0.4 is 0 Å². The third-order valence-electron chi connectivity index (χ3n) is 5.17. The van der Waals surface area contributed by atoms with Gasteiger partial charge in [0.25, 0.3) is 0 Å². The van der Waals surface area contributed by atoms with E-state index < -0.39 is 17.9 Å². The van der Waals surface area contributed by atoms with Crippen LogP contribution in [0.2, 0.25) is 0 Å². The number of rotatable bonds is 17. The number of ether oxygens (including phenoxy) is 2. The number of aromatic carboxylic acids is 1. The van der Waals surface area contributed by atoms with Crippen LogP contribution in [0.15, 0.2) is 18.2 Å². The largest absolute Gasteiger partial charge is 0.478 e. The fourth-order valence-corrected chi connectivity index (χ4v) is 3.28. The van der Waals surface area contributed by atoms with Gasteiger partial charge in [0.05, 0.1) is 29.9 Å². The highest BCUT2D eigenvalue weighted by Gasteiger charge is 2.20. The standard InChI is InChI=1S/C25H38O6/c1-3-5-7-9-10-12-14-17-30-24(28)20-15-16-21(22(19-20)23(26)27)25(29)31-18-13-11-8-6-4-2/h15-16,19H,3-14,17-18H2,1-2H3,(H,26,27). The van der Waals surface area contributed by atoms with E-state index in [1.165, 1.54) is 43.9 Å². The van der Waals surface area contributed by atoms with E-state index in [1.54, 1.807) is 0 Å². The fraction of sp³-hybridized carbons (Fsp3) is 0.640. The summed E-state index contributed by atoms with van der Waals surface area (Å²) in [5.41, 5.74) is -0.178. The van der Waals surface area contributed by atoms with Crippen molar-refractivity contribution in [3.8, 4) is 0 Å². The second-order valence-electron chi connectivity index (χ2n) is 7.87. The van der Waals surface area contributed by atoms with Crippen LogP contribution in [0.1, 0.15) is 122 Å². The summed E-state index contributed by atoms with van der Waals surface area (Å²) in [7, 11) is 0. The monoisotopic (exact) mass is 434 g/mol. The summed E-state index contributed by atoms with van der Waals surface area (Å²) in [6, 6.07) is 3.93. The highest BCUT2D eigenvalue weighted by molar-refractivity contribution is 6.04. The summed E-state index contributed by atoms with van der Waals surface area (Å²) >= 11 is 0. The van der Waals surface area contributed by atoms with E-state index in [-0.39, 0.29) is 23.3 Å². The van der Waals surface area contributed by atoms with Crippen molar-refractivity contribution in [1.82, 2.24) is 0 Å². The Hall–Kier alpha value is -2.37. The average molecular weight is 435 g/mol. The Kier molecular flexibility index (Phi) is 14.1. The van der Waals surface area contributed by atoms with Gasteiger partial charge in [0.1, 0.15) is 0 Å². The van der Waals surface area contributed by atoms with E-state index in [1.807, 2.05) is 0 Å². The lowest BCUT2D eigenvalue weighted by atomic mass is 10.0. The topological polar surface area (TPSA) is 89.9 Å². The smallest absolute Gasteiger partial charge is 0.339 e. The van der Waals surface area contributed by atoms with Crippen LogP contribution >= 0.6 is 0 Å². The molecule has 1 aromatic carbocycles. The molecule has 1 N–H and O–H groups in total. The van der Waals surface area contributed by atoms with Crippen molar-refractivity contribution in [2.45, 2.75) is 90.9 Å². The van der Waals surface area contributed by atoms with Crippen molar-refractivity contribution in [3.63, 3.8) is 0 Å². The van der Waals surface area contributed by atoms with Gasteiger partial charge in [-0.2, -0.15) is 0 Å². The summed E-state index contributed by atoms with van der Waals surface area (Å²) in [6.45, 7) is 4.86. The molecule has 1 aromatic rings. The lowest BCUT2D eigenvalue weighted by Crippen LogP contribution is -2.15. The average Bonchev–Trinajstić information content (AvgIpc) is 2.77. The number of benzene rings is 1. The van der Waals surface area contributed by atoms with E-state index in [4.69, 9.17) is 9.47 Å². The number of carbonyl (C=O) groups is 3. The highest BCUT2D eigenvalue weighted by Crippen LogP contribution is 2.16. The molecule has 31 heavy (non-hydrogen) atoms. The molecule has 0 atom stereocenters. The van der Waals surface area contributed by atoms with Crippen molar-refractivity contribution in [2.75, 3.05) is 13.2 Å². The van der Waals surface area contributed by atoms with Crippen molar-refractivity contribution >= 4 is 17.9 Å². The van der Waals surface area contributed by atoms with Crippen molar-refractivity contribution in [2.24, 2.45) is 0 Å². The van der Waals surface area contributed by atoms with Crippen LogP contribution in [-0.2, 0) is 9.47 Å². The molecule has 0 fully saturated rings.